The number of aliphatic hydroxyl groups is 1. The number of fused-ring (bicyclic) bond motifs is 2. The van der Waals surface area contributed by atoms with Crippen molar-refractivity contribution in [2.24, 2.45) is 23.5 Å². The first-order chi connectivity index (χ1) is 32.5. The number of primary amides is 1. The van der Waals surface area contributed by atoms with Crippen LogP contribution in [0.15, 0.2) is 66.9 Å². The summed E-state index contributed by atoms with van der Waals surface area (Å²) in [5.41, 5.74) is 6.60. The van der Waals surface area contributed by atoms with Gasteiger partial charge in [0.25, 0.3) is 0 Å². The number of aliphatic hydroxyl groups excluding tert-OH is 1. The lowest BCUT2D eigenvalue weighted by Gasteiger charge is -2.38. The van der Waals surface area contributed by atoms with Crippen LogP contribution in [0.3, 0.4) is 0 Å². The SMILES string of the molecule is CC(C)C[C@@H]1NC(=O)[C@@H](NC(=O)[C@H](CC(N)=O)NC(=O)[C@H](O)Cc2ccc(O)cc2)[C@@H](C)OC(=O)[C@H](C(C)C)NC(=O)[C@H](Cc2ccccc2)N(C)C(=O)[C@H](CC(C)C)N2C=CC[C@H](NC1=O)C2=O. The number of rotatable bonds is 15. The van der Waals surface area contributed by atoms with Crippen LogP contribution < -0.4 is 32.3 Å². The van der Waals surface area contributed by atoms with E-state index in [-0.39, 0.29) is 49.7 Å². The van der Waals surface area contributed by atoms with Gasteiger partial charge in [-0.05, 0) is 67.2 Å². The maximum absolute atomic E-state index is 14.7. The van der Waals surface area contributed by atoms with E-state index in [0.29, 0.717) is 11.1 Å². The van der Waals surface area contributed by atoms with Crippen molar-refractivity contribution in [1.82, 2.24) is 36.4 Å². The highest BCUT2D eigenvalue weighted by molar-refractivity contribution is 5.99. The van der Waals surface area contributed by atoms with Gasteiger partial charge in [0.2, 0.25) is 47.3 Å². The molecule has 2 aliphatic heterocycles. The number of hydrogen-bond acceptors (Lipinski definition) is 12. The zero-order chi connectivity index (χ0) is 51.3. The number of amides is 8. The van der Waals surface area contributed by atoms with Crippen LogP contribution in [0, 0.1) is 17.8 Å². The average molecular weight is 961 g/mol. The van der Waals surface area contributed by atoms with E-state index in [1.807, 2.05) is 13.8 Å². The first-order valence-corrected chi connectivity index (χ1v) is 23.2. The van der Waals surface area contributed by atoms with Crippen molar-refractivity contribution in [3.05, 3.63) is 78.0 Å². The Hall–Kier alpha value is -6.83. The van der Waals surface area contributed by atoms with Crippen molar-refractivity contribution in [2.75, 3.05) is 7.05 Å². The highest BCUT2D eigenvalue weighted by Gasteiger charge is 2.43. The number of carbonyl (C=O) groups is 9. The van der Waals surface area contributed by atoms with Gasteiger partial charge in [-0.3, -0.25) is 38.4 Å². The highest BCUT2D eigenvalue weighted by atomic mass is 16.5. The standard InChI is InChI=1S/C49H68N8O12/c1-26(2)21-34-42(61)51-33-15-12-20-57(47(33)66)37(22-27(3)4)48(67)56(8)36(23-30-13-10-9-11-14-30)44(63)54-40(28(5)6)49(68)69-29(7)41(46(65)53-34)55-43(62)35(25-39(50)60)52-45(64)38(59)24-31-16-18-32(58)19-17-31/h9-14,16-20,26-29,33-38,40-41,58-59H,15,21-25H2,1-8H3,(H2,50,60)(H,51,61)(H,52,64)(H,53,65)(H,54,63)(H,55,62)/t29-,33+,34+,35+,36+,37+,38-,40+,41+/m1/s1. The number of carbonyl (C=O) groups excluding carboxylic acids is 9. The van der Waals surface area contributed by atoms with Crippen LogP contribution in [0.4, 0.5) is 0 Å². The number of aromatic hydroxyl groups is 1. The molecule has 2 heterocycles. The Morgan fingerprint density at radius 2 is 1.43 bits per heavy atom. The summed E-state index contributed by atoms with van der Waals surface area (Å²) < 4.78 is 5.85. The molecule has 0 aromatic heterocycles. The molecule has 2 bridgehead atoms. The summed E-state index contributed by atoms with van der Waals surface area (Å²) in [6.07, 6.45) is -1.00. The lowest BCUT2D eigenvalue weighted by molar-refractivity contribution is -0.158. The largest absolute Gasteiger partial charge is 0.508 e. The van der Waals surface area contributed by atoms with Gasteiger partial charge in [-0.1, -0.05) is 90.1 Å². The molecule has 4 rings (SSSR count). The number of likely N-dealkylation sites (N-methyl/N-ethyl adjacent to an activating group) is 1. The van der Waals surface area contributed by atoms with E-state index in [1.165, 1.54) is 54.2 Å². The first-order valence-electron chi connectivity index (χ1n) is 23.2. The molecular formula is C49H68N8O12. The predicted octanol–water partition coefficient (Wildman–Crippen LogP) is 0.473. The summed E-state index contributed by atoms with van der Waals surface area (Å²) in [6.45, 7) is 11.8. The summed E-state index contributed by atoms with van der Waals surface area (Å²) >= 11 is 0. The fourth-order valence-corrected chi connectivity index (χ4v) is 8.04. The Morgan fingerprint density at radius 3 is 2.03 bits per heavy atom. The van der Waals surface area contributed by atoms with Crippen molar-refractivity contribution in [3.63, 3.8) is 0 Å². The number of phenolic OH excluding ortho intramolecular Hbond substituents is 1. The van der Waals surface area contributed by atoms with Gasteiger partial charge >= 0.3 is 5.97 Å². The normalized spacial score (nSPS) is 24.0. The van der Waals surface area contributed by atoms with Gasteiger partial charge in [0, 0.05) is 26.1 Å². The lowest BCUT2D eigenvalue weighted by atomic mass is 9.96. The minimum absolute atomic E-state index is 0.00437. The molecule has 9 N–H and O–H groups in total. The van der Waals surface area contributed by atoms with Crippen LogP contribution in [0.1, 0.15) is 85.3 Å². The minimum Gasteiger partial charge on any atom is -0.508 e. The molecule has 0 saturated carbocycles. The van der Waals surface area contributed by atoms with Crippen molar-refractivity contribution >= 4 is 53.2 Å². The number of nitrogens with zero attached hydrogens (tertiary/aromatic N) is 2. The minimum atomic E-state index is -1.84. The predicted molar refractivity (Wildman–Crippen MR) is 252 cm³/mol. The van der Waals surface area contributed by atoms with E-state index in [4.69, 9.17) is 10.5 Å². The Kier molecular flexibility index (Phi) is 19.8. The molecule has 1 saturated heterocycles. The first kappa shape index (κ1) is 54.8. The molecule has 376 valence electrons. The van der Waals surface area contributed by atoms with Crippen molar-refractivity contribution in [2.45, 2.75) is 141 Å². The van der Waals surface area contributed by atoms with Crippen LogP contribution in [0.25, 0.3) is 0 Å². The van der Waals surface area contributed by atoms with Crippen LogP contribution in [-0.2, 0) is 60.7 Å². The van der Waals surface area contributed by atoms with Crippen LogP contribution in [-0.4, -0.2) is 135 Å². The number of ether oxygens (including phenoxy) is 1. The van der Waals surface area contributed by atoms with E-state index in [1.54, 1.807) is 64.1 Å². The number of phenols is 1. The molecule has 69 heavy (non-hydrogen) atoms. The maximum Gasteiger partial charge on any atom is 0.329 e. The molecule has 0 radical (unpaired) electrons. The molecule has 2 aliphatic rings. The number of hydrogen-bond donors (Lipinski definition) is 8. The molecular weight excluding hydrogens is 893 g/mol. The van der Waals surface area contributed by atoms with E-state index < -0.39 is 120 Å². The lowest BCUT2D eigenvalue weighted by Crippen LogP contribution is -2.62. The molecule has 0 aliphatic carbocycles. The molecule has 9 atom stereocenters. The van der Waals surface area contributed by atoms with Gasteiger partial charge in [-0.15, -0.1) is 0 Å². The van der Waals surface area contributed by atoms with Crippen molar-refractivity contribution < 1.29 is 58.1 Å². The quantitative estimate of drug-likeness (QED) is 0.113. The second-order valence-corrected chi connectivity index (χ2v) is 18.9. The fourth-order valence-electron chi connectivity index (χ4n) is 8.04. The Labute approximate surface area is 402 Å². The molecule has 0 spiro atoms. The van der Waals surface area contributed by atoms with Crippen molar-refractivity contribution in [1.29, 1.82) is 0 Å². The number of cyclic esters (lactones) is 1. The maximum atomic E-state index is 14.7. The van der Waals surface area contributed by atoms with Crippen LogP contribution in [0.5, 0.6) is 5.75 Å². The van der Waals surface area contributed by atoms with E-state index >= 15 is 0 Å². The van der Waals surface area contributed by atoms with Gasteiger partial charge in [0.05, 0.1) is 6.42 Å². The van der Waals surface area contributed by atoms with Gasteiger partial charge in [-0.2, -0.15) is 0 Å². The summed E-state index contributed by atoms with van der Waals surface area (Å²) in [4.78, 5) is 129. The molecule has 8 amide bonds. The van der Waals surface area contributed by atoms with Gasteiger partial charge in [-0.25, -0.2) is 4.79 Å². The molecule has 2 aromatic rings. The van der Waals surface area contributed by atoms with Crippen LogP contribution in [0.2, 0.25) is 0 Å². The molecule has 0 unspecified atom stereocenters. The molecule has 2 aromatic carbocycles. The smallest absolute Gasteiger partial charge is 0.329 e. The number of benzene rings is 2. The topological polar surface area (TPSA) is 296 Å². The van der Waals surface area contributed by atoms with Crippen molar-refractivity contribution in [3.8, 4) is 5.75 Å². The zero-order valence-corrected chi connectivity index (χ0v) is 40.5. The average Bonchev–Trinajstić information content (AvgIpc) is 3.28. The summed E-state index contributed by atoms with van der Waals surface area (Å²) in [5.74, 6) is -9.10. The Balaban J connectivity index is 1.79. The highest BCUT2D eigenvalue weighted by Crippen LogP contribution is 2.23. The zero-order valence-electron chi connectivity index (χ0n) is 40.5. The monoisotopic (exact) mass is 960 g/mol. The van der Waals surface area contributed by atoms with E-state index in [0.717, 1.165) is 0 Å². The molecule has 20 heteroatoms. The third-order valence-corrected chi connectivity index (χ3v) is 11.8. The summed E-state index contributed by atoms with van der Waals surface area (Å²) in [6, 6.07) is 4.64. The van der Waals surface area contributed by atoms with Gasteiger partial charge in [0.15, 0.2) is 0 Å². The second kappa shape index (κ2) is 25.0. The summed E-state index contributed by atoms with van der Waals surface area (Å²) in [7, 11) is 1.44. The molecule has 1 fully saturated rings. The number of nitrogens with two attached hydrogens (primary N) is 1. The Morgan fingerprint density at radius 1 is 0.797 bits per heavy atom. The second-order valence-electron chi connectivity index (χ2n) is 18.9. The van der Waals surface area contributed by atoms with E-state index in [2.05, 4.69) is 26.6 Å². The van der Waals surface area contributed by atoms with Gasteiger partial charge < -0.3 is 57.1 Å². The number of nitrogens with one attached hydrogen (secondary N) is 5. The van der Waals surface area contributed by atoms with E-state index in [9.17, 15) is 53.4 Å². The third kappa shape index (κ3) is 15.6. The molecule has 20 nitrogen and oxygen atoms in total. The fraction of sp³-hybridized carbons (Fsp3) is 0.531. The number of esters is 1. The Bertz CT molecular complexity index is 2200. The van der Waals surface area contributed by atoms with Gasteiger partial charge in [0.1, 0.15) is 60.3 Å². The summed E-state index contributed by atoms with van der Waals surface area (Å²) in [5, 5.41) is 33.2. The van der Waals surface area contributed by atoms with Crippen LogP contribution >= 0.6 is 0 Å². The third-order valence-electron chi connectivity index (χ3n) is 11.8.